The monoisotopic (exact) mass is 339 g/mol. The first-order valence-corrected chi connectivity index (χ1v) is 9.08. The molecule has 3 heteroatoms. The second kappa shape index (κ2) is 8.30. The van der Waals surface area contributed by atoms with Gasteiger partial charge in [0, 0.05) is 17.2 Å². The smallest absolute Gasteiger partial charge is 0.282 e. The summed E-state index contributed by atoms with van der Waals surface area (Å²) in [5.74, 6) is 0.497. The molecule has 0 unspecified atom stereocenters. The number of benzene rings is 2. The number of rotatable bonds is 6. The van der Waals surface area contributed by atoms with Crippen LogP contribution in [0.5, 0.6) is 0 Å². The maximum atomic E-state index is 12.7. The number of hydrogen-bond acceptors (Lipinski definition) is 1. The molecule has 2 rings (SSSR count). The SMILES string of the molecule is Cc1cc(C)c(NC(=O)[C@@H](C)[NH2+][C@@H](c2ccccc2)C(C)C)c(C)c1. The van der Waals surface area contributed by atoms with Crippen molar-refractivity contribution >= 4 is 11.6 Å². The van der Waals surface area contributed by atoms with Crippen LogP contribution in [-0.4, -0.2) is 11.9 Å². The lowest BCUT2D eigenvalue weighted by Gasteiger charge is -2.23. The van der Waals surface area contributed by atoms with Crippen LogP contribution in [0.4, 0.5) is 5.69 Å². The average molecular weight is 340 g/mol. The molecule has 0 fully saturated rings. The molecule has 0 aliphatic rings. The molecule has 25 heavy (non-hydrogen) atoms. The van der Waals surface area contributed by atoms with E-state index in [1.807, 2.05) is 26.8 Å². The second-order valence-electron chi connectivity index (χ2n) is 7.42. The molecule has 134 valence electrons. The van der Waals surface area contributed by atoms with Crippen molar-refractivity contribution in [3.63, 3.8) is 0 Å². The first kappa shape index (κ1) is 19.2. The maximum absolute atomic E-state index is 12.7. The lowest BCUT2D eigenvalue weighted by molar-refractivity contribution is -0.718. The third kappa shape index (κ3) is 4.93. The van der Waals surface area contributed by atoms with Gasteiger partial charge in [-0.15, -0.1) is 0 Å². The fourth-order valence-corrected chi connectivity index (χ4v) is 3.41. The molecule has 0 saturated carbocycles. The molecule has 0 aliphatic carbocycles. The largest absolute Gasteiger partial charge is 0.330 e. The standard InChI is InChI=1S/C22H30N2O/c1-14(2)20(19-10-8-7-9-11-19)23-18(6)22(25)24-21-16(4)12-15(3)13-17(21)5/h7-14,18,20,23H,1-6H3,(H,24,25)/p+1/t18-,20-/m1/s1. The summed E-state index contributed by atoms with van der Waals surface area (Å²) in [6.45, 7) is 12.6. The van der Waals surface area contributed by atoms with E-state index in [2.05, 4.69) is 67.8 Å². The highest BCUT2D eigenvalue weighted by Crippen LogP contribution is 2.22. The van der Waals surface area contributed by atoms with Crippen LogP contribution >= 0.6 is 0 Å². The lowest BCUT2D eigenvalue weighted by atomic mass is 9.95. The number of hydrogen-bond donors (Lipinski definition) is 2. The number of nitrogens with two attached hydrogens (primary N) is 1. The highest BCUT2D eigenvalue weighted by Gasteiger charge is 2.26. The van der Waals surface area contributed by atoms with Gasteiger partial charge in [0.1, 0.15) is 6.04 Å². The van der Waals surface area contributed by atoms with E-state index >= 15 is 0 Å². The van der Waals surface area contributed by atoms with Crippen molar-refractivity contribution in [3.05, 3.63) is 64.7 Å². The Hall–Kier alpha value is -2.13. The zero-order valence-corrected chi connectivity index (χ0v) is 16.3. The zero-order valence-electron chi connectivity index (χ0n) is 16.3. The molecule has 0 radical (unpaired) electrons. The minimum absolute atomic E-state index is 0.0524. The van der Waals surface area contributed by atoms with Gasteiger partial charge in [0.25, 0.3) is 5.91 Å². The van der Waals surface area contributed by atoms with Gasteiger partial charge < -0.3 is 10.6 Å². The first-order chi connectivity index (χ1) is 11.8. The van der Waals surface area contributed by atoms with Crippen LogP contribution < -0.4 is 10.6 Å². The molecule has 0 spiro atoms. The molecule has 3 nitrogen and oxygen atoms in total. The highest BCUT2D eigenvalue weighted by molar-refractivity contribution is 5.95. The summed E-state index contributed by atoms with van der Waals surface area (Å²) in [5.41, 5.74) is 5.65. The topological polar surface area (TPSA) is 45.7 Å². The summed E-state index contributed by atoms with van der Waals surface area (Å²) in [7, 11) is 0. The van der Waals surface area contributed by atoms with E-state index in [9.17, 15) is 4.79 Å². The highest BCUT2D eigenvalue weighted by atomic mass is 16.2. The summed E-state index contributed by atoms with van der Waals surface area (Å²) in [4.78, 5) is 12.7. The van der Waals surface area contributed by atoms with Crippen LogP contribution in [0.1, 0.15) is 49.1 Å². The van der Waals surface area contributed by atoms with E-state index < -0.39 is 0 Å². The van der Waals surface area contributed by atoms with Gasteiger partial charge in [-0.1, -0.05) is 61.9 Å². The maximum Gasteiger partial charge on any atom is 0.282 e. The van der Waals surface area contributed by atoms with Crippen molar-refractivity contribution in [2.24, 2.45) is 5.92 Å². The van der Waals surface area contributed by atoms with Crippen molar-refractivity contribution in [2.45, 2.75) is 53.6 Å². The Labute approximate surface area is 151 Å². The molecule has 0 bridgehead atoms. The minimum atomic E-state index is -0.160. The number of quaternary nitrogens is 1. The van der Waals surface area contributed by atoms with E-state index in [1.54, 1.807) is 0 Å². The number of anilines is 1. The first-order valence-electron chi connectivity index (χ1n) is 9.08. The van der Waals surface area contributed by atoms with Gasteiger partial charge in [0.2, 0.25) is 0 Å². The molecule has 0 aliphatic heterocycles. The van der Waals surface area contributed by atoms with Gasteiger partial charge in [0.05, 0.1) is 0 Å². The lowest BCUT2D eigenvalue weighted by Crippen LogP contribution is -2.93. The molecule has 2 atom stereocenters. The fourth-order valence-electron chi connectivity index (χ4n) is 3.41. The number of amides is 1. The third-order valence-electron chi connectivity index (χ3n) is 4.74. The van der Waals surface area contributed by atoms with Crippen LogP contribution in [-0.2, 0) is 4.79 Å². The Morgan fingerprint density at radius 3 is 2.04 bits per heavy atom. The van der Waals surface area contributed by atoms with Gasteiger partial charge in [-0.2, -0.15) is 0 Å². The third-order valence-corrected chi connectivity index (χ3v) is 4.74. The predicted molar refractivity (Wildman–Crippen MR) is 105 cm³/mol. The van der Waals surface area contributed by atoms with E-state index in [4.69, 9.17) is 0 Å². The molecular weight excluding hydrogens is 308 g/mol. The normalized spacial score (nSPS) is 13.6. The van der Waals surface area contributed by atoms with Crippen LogP contribution in [0.3, 0.4) is 0 Å². The van der Waals surface area contributed by atoms with Crippen LogP contribution in [0, 0.1) is 26.7 Å². The van der Waals surface area contributed by atoms with Crippen molar-refractivity contribution in [2.75, 3.05) is 5.32 Å². The summed E-state index contributed by atoms with van der Waals surface area (Å²) in [5, 5.41) is 5.31. The summed E-state index contributed by atoms with van der Waals surface area (Å²) >= 11 is 0. The van der Waals surface area contributed by atoms with Gasteiger partial charge in [0.15, 0.2) is 6.04 Å². The van der Waals surface area contributed by atoms with E-state index in [0.717, 1.165) is 16.8 Å². The Balaban J connectivity index is 2.12. The summed E-state index contributed by atoms with van der Waals surface area (Å²) < 4.78 is 0. The van der Waals surface area contributed by atoms with Gasteiger partial charge in [-0.3, -0.25) is 4.79 Å². The average Bonchev–Trinajstić information content (AvgIpc) is 2.55. The molecule has 0 saturated heterocycles. The molecular formula is C22H31N2O+. The van der Waals surface area contributed by atoms with Gasteiger partial charge in [-0.05, 0) is 38.8 Å². The number of carbonyl (C=O) groups is 1. The minimum Gasteiger partial charge on any atom is -0.330 e. The molecule has 0 heterocycles. The number of aryl methyl sites for hydroxylation is 3. The number of nitrogens with one attached hydrogen (secondary N) is 1. The Bertz CT molecular complexity index is 699. The van der Waals surface area contributed by atoms with Gasteiger partial charge in [-0.25, -0.2) is 0 Å². The fraction of sp³-hybridized carbons (Fsp3) is 0.409. The summed E-state index contributed by atoms with van der Waals surface area (Å²) in [6.07, 6.45) is 0. The van der Waals surface area contributed by atoms with Crippen molar-refractivity contribution in [1.82, 2.24) is 0 Å². The van der Waals surface area contributed by atoms with Crippen molar-refractivity contribution < 1.29 is 10.1 Å². The Kier molecular flexibility index (Phi) is 6.38. The quantitative estimate of drug-likeness (QED) is 0.824. The molecule has 2 aromatic carbocycles. The molecule has 0 aromatic heterocycles. The number of carbonyl (C=O) groups excluding carboxylic acids is 1. The Morgan fingerprint density at radius 1 is 0.960 bits per heavy atom. The molecule has 3 N–H and O–H groups in total. The molecule has 2 aromatic rings. The molecule has 1 amide bonds. The van der Waals surface area contributed by atoms with Crippen molar-refractivity contribution in [3.8, 4) is 0 Å². The van der Waals surface area contributed by atoms with Crippen LogP contribution in [0.25, 0.3) is 0 Å². The van der Waals surface area contributed by atoms with Crippen LogP contribution in [0.15, 0.2) is 42.5 Å². The zero-order chi connectivity index (χ0) is 18.6. The summed E-state index contributed by atoms with van der Waals surface area (Å²) in [6, 6.07) is 14.7. The van der Waals surface area contributed by atoms with Gasteiger partial charge >= 0.3 is 0 Å². The van der Waals surface area contributed by atoms with Crippen molar-refractivity contribution in [1.29, 1.82) is 0 Å². The van der Waals surface area contributed by atoms with E-state index in [-0.39, 0.29) is 18.0 Å². The second-order valence-corrected chi connectivity index (χ2v) is 7.42. The van der Waals surface area contributed by atoms with Crippen LogP contribution in [0.2, 0.25) is 0 Å². The van der Waals surface area contributed by atoms with E-state index in [0.29, 0.717) is 5.92 Å². The predicted octanol–water partition coefficient (Wildman–Crippen LogP) is 3.90. The van der Waals surface area contributed by atoms with E-state index in [1.165, 1.54) is 11.1 Å². The Morgan fingerprint density at radius 2 is 1.52 bits per heavy atom.